The summed E-state index contributed by atoms with van der Waals surface area (Å²) in [6, 6.07) is 17.3. The number of hydrogen-bond acceptors (Lipinski definition) is 12. The van der Waals surface area contributed by atoms with Gasteiger partial charge in [0, 0.05) is 22.3 Å². The predicted octanol–water partition coefficient (Wildman–Crippen LogP) is -5.73. The fourth-order valence-corrected chi connectivity index (χ4v) is 3.47. The van der Waals surface area contributed by atoms with Crippen LogP contribution in [0.4, 0.5) is 0 Å². The zero-order valence-electron chi connectivity index (χ0n) is 26.0. The molecule has 0 unspecified atom stereocenters. The largest absolute Gasteiger partial charge is 2.00 e. The van der Waals surface area contributed by atoms with Crippen molar-refractivity contribution in [2.45, 2.75) is 0 Å². The van der Waals surface area contributed by atoms with Crippen LogP contribution < -0.4 is 29.9 Å². The second-order valence-corrected chi connectivity index (χ2v) is 8.43. The standard InChI is InChI=1S/2C15H10O7.2Ni.6H2O/c2*16-13(17)8-1-3-9(4-2-8)22-10-5-6-11(14(18)19)12(7-10)15(20)21;;;;;;;;/h2*1-7H,(H,16,17)(H,18,19)(H,20,21);;;6*1H2/q;;2*+2;;;;;;/p+2. The molecule has 0 aliphatic carbocycles. The van der Waals surface area contributed by atoms with Crippen LogP contribution in [0.15, 0.2) is 84.9 Å². The Morgan fingerprint density at radius 3 is 0.827 bits per heavy atom. The van der Waals surface area contributed by atoms with Gasteiger partial charge in [0.25, 0.3) is 0 Å². The third kappa shape index (κ3) is 15.7. The van der Waals surface area contributed by atoms with Crippen LogP contribution in [0.5, 0.6) is 23.0 Å². The van der Waals surface area contributed by atoms with Gasteiger partial charge in [0.2, 0.25) is 0 Å². The zero-order valence-corrected chi connectivity index (χ0v) is 27.9. The fourth-order valence-electron chi connectivity index (χ4n) is 3.47. The molecule has 0 amide bonds. The Morgan fingerprint density at radius 2 is 0.615 bits per heavy atom. The minimum absolute atomic E-state index is 0. The van der Waals surface area contributed by atoms with E-state index in [1.54, 1.807) is 0 Å². The summed E-state index contributed by atoms with van der Waals surface area (Å²) in [6.45, 7) is 0. The number of carbonyl (C=O) groups excluding carboxylic acids is 4. The second-order valence-electron chi connectivity index (χ2n) is 8.43. The van der Waals surface area contributed by atoms with Crippen molar-refractivity contribution < 1.29 is 135 Å². The summed E-state index contributed by atoms with van der Waals surface area (Å²) in [4.78, 5) is 64.9. The van der Waals surface area contributed by atoms with Gasteiger partial charge in [0.15, 0.2) is 0 Å². The summed E-state index contributed by atoms with van der Waals surface area (Å²) < 4.78 is 10.7. The molecule has 0 radical (unpaired) electrons. The molecule has 0 saturated carbocycles. The minimum Gasteiger partial charge on any atom is -0.545 e. The molecule has 0 fully saturated rings. The Morgan fingerprint density at radius 1 is 0.385 bits per heavy atom. The van der Waals surface area contributed by atoms with E-state index in [-0.39, 0.29) is 100.0 Å². The van der Waals surface area contributed by atoms with Crippen molar-refractivity contribution in [1.29, 1.82) is 0 Å². The van der Waals surface area contributed by atoms with Gasteiger partial charge in [-0.3, -0.25) is 0 Å². The number of benzene rings is 4. The molecule has 4 aromatic carbocycles. The topological polar surface area (TPSA) is 452 Å². The van der Waals surface area contributed by atoms with Crippen LogP contribution in [0.1, 0.15) is 62.1 Å². The summed E-state index contributed by atoms with van der Waals surface area (Å²) in [5.41, 5.74) is -2.05. The Labute approximate surface area is 311 Å². The van der Waals surface area contributed by atoms with Crippen LogP contribution in [-0.4, -0.2) is 46.0 Å². The number of ether oxygens (including phenoxy) is 2. The molecule has 0 heterocycles. The fraction of sp³-hybridized carbons (Fsp3) is 0. The first-order valence-corrected chi connectivity index (χ1v) is 11.9. The van der Waals surface area contributed by atoms with E-state index < -0.39 is 58.1 Å². The average Bonchev–Trinajstić information content (AvgIpc) is 2.97. The van der Waals surface area contributed by atoms with Crippen molar-refractivity contribution in [2.24, 2.45) is 0 Å². The van der Waals surface area contributed by atoms with Crippen LogP contribution in [0.2, 0.25) is 0 Å². The maximum atomic E-state index is 10.9. The maximum absolute atomic E-state index is 10.9. The molecular weight excluding hydrogens is 798 g/mol. The normalized spacial score (nSPS) is 8.46. The third-order valence-corrected chi connectivity index (χ3v) is 5.54. The van der Waals surface area contributed by atoms with Gasteiger partial charge < -0.3 is 92.1 Å². The van der Waals surface area contributed by atoms with Crippen molar-refractivity contribution >= 4 is 35.8 Å². The molecule has 0 spiro atoms. The molecule has 22 heteroatoms. The number of carboxylic acids is 6. The summed E-state index contributed by atoms with van der Waals surface area (Å²) in [7, 11) is 0. The summed E-state index contributed by atoms with van der Waals surface area (Å²) in [5, 5.41) is 61.0. The first-order valence-electron chi connectivity index (χ1n) is 11.9. The molecule has 288 valence electrons. The number of carboxylic acid groups (broad SMARTS) is 6. The molecule has 0 aliphatic rings. The first-order chi connectivity index (χ1) is 20.8. The molecule has 4 rings (SSSR count). The van der Waals surface area contributed by atoms with Crippen LogP contribution in [0, 0.1) is 0 Å². The molecule has 20 N–H and O–H groups in total. The van der Waals surface area contributed by atoms with E-state index in [1.165, 1.54) is 60.7 Å². The van der Waals surface area contributed by atoms with Gasteiger partial charge in [0.1, 0.15) is 23.0 Å². The molecule has 0 saturated heterocycles. The Hall–Kier alpha value is -5.95. The number of hydrogen-bond donors (Lipinski definition) is 2. The zero-order chi connectivity index (χ0) is 32.6. The monoisotopic (exact) mass is 830 g/mol. The average molecular weight is 832 g/mol. The van der Waals surface area contributed by atoms with Gasteiger partial charge in [-0.05, 0) is 84.9 Å². The summed E-state index contributed by atoms with van der Waals surface area (Å²) in [5.74, 6) is -8.18. The van der Waals surface area contributed by atoms with Gasteiger partial charge in [-0.15, -0.1) is 0 Å². The van der Waals surface area contributed by atoms with Crippen molar-refractivity contribution in [2.75, 3.05) is 0 Å². The smallest absolute Gasteiger partial charge is 0.545 e. The summed E-state index contributed by atoms with van der Waals surface area (Å²) in [6.07, 6.45) is 0. The van der Waals surface area contributed by atoms with E-state index in [2.05, 4.69) is 0 Å². The van der Waals surface area contributed by atoms with Crippen LogP contribution >= 0.6 is 0 Å². The van der Waals surface area contributed by atoms with E-state index in [0.29, 0.717) is 0 Å². The number of carbonyl (C=O) groups is 6. The van der Waals surface area contributed by atoms with Gasteiger partial charge in [0.05, 0.1) is 35.0 Å². The molecule has 0 bridgehead atoms. The second kappa shape index (κ2) is 25.9. The van der Waals surface area contributed by atoms with E-state index in [4.69, 9.17) is 19.7 Å². The number of aromatic carboxylic acids is 6. The molecule has 0 aliphatic heterocycles. The Balaban J connectivity index is -0.000000176. The third-order valence-electron chi connectivity index (χ3n) is 5.54. The van der Waals surface area contributed by atoms with Crippen molar-refractivity contribution in [3.05, 3.63) is 118 Å². The quantitative estimate of drug-likeness (QED) is 0.111. The van der Waals surface area contributed by atoms with Gasteiger partial charge >= 0.3 is 44.9 Å². The molecule has 52 heavy (non-hydrogen) atoms. The molecule has 0 atom stereocenters. The Bertz CT molecular complexity index is 1650. The van der Waals surface area contributed by atoms with Crippen LogP contribution in [0.25, 0.3) is 0 Å². The van der Waals surface area contributed by atoms with Gasteiger partial charge in [-0.25, -0.2) is 9.59 Å². The van der Waals surface area contributed by atoms with Crippen LogP contribution in [0.3, 0.4) is 0 Å². The van der Waals surface area contributed by atoms with Crippen molar-refractivity contribution in [1.82, 2.24) is 0 Å². The first kappa shape index (κ1) is 58.3. The van der Waals surface area contributed by atoms with E-state index in [1.807, 2.05) is 0 Å². The van der Waals surface area contributed by atoms with Gasteiger partial charge in [-0.1, -0.05) is 0 Å². The van der Waals surface area contributed by atoms with Crippen LogP contribution in [-0.2, 0) is 65.8 Å². The molecule has 0 aromatic heterocycles. The van der Waals surface area contributed by atoms with Crippen molar-refractivity contribution in [3.63, 3.8) is 0 Å². The van der Waals surface area contributed by atoms with Crippen molar-refractivity contribution in [3.8, 4) is 23.0 Å². The molecule has 20 nitrogen and oxygen atoms in total. The van der Waals surface area contributed by atoms with E-state index in [9.17, 15) is 49.2 Å². The molecule has 4 aromatic rings. The van der Waals surface area contributed by atoms with Gasteiger partial charge in [-0.2, -0.15) is 0 Å². The Kier molecular flexibility index (Phi) is 29.1. The number of rotatable bonds is 10. The van der Waals surface area contributed by atoms with E-state index in [0.717, 1.165) is 24.3 Å². The molecular formula is C30H34Ni2O20+6. The minimum atomic E-state index is -1.68. The van der Waals surface area contributed by atoms with E-state index >= 15 is 0 Å². The maximum Gasteiger partial charge on any atom is 2.00 e. The summed E-state index contributed by atoms with van der Waals surface area (Å²) >= 11 is 0. The SMILES string of the molecule is O=C(O)c1ccc(Oc2ccc(C(=O)[O-])c(C(=O)[O-])c2)cc1.O=C(O)c1ccc(Oc2ccc(C(=O)[O-])c(C(=O)[O-])c2)cc1.[Ni+2].[Ni+2].[OH3+].[OH3+].[OH3+].[OH3+].[OH3+].[OH3+]. The predicted molar refractivity (Wildman–Crippen MR) is 166 cm³/mol.